The van der Waals surface area contributed by atoms with Gasteiger partial charge in [0, 0.05) is 16.7 Å². The Balaban J connectivity index is 1.50. The number of fused-ring (bicyclic) bond motifs is 1. The molecule has 1 aliphatic rings. The number of nitrogens with one attached hydrogen (secondary N) is 1. The fourth-order valence-corrected chi connectivity index (χ4v) is 5.09. The standard InChI is InChI=1S/C20H20N2O2S2/c1-13-7-8-15(24-13)11-21-20(23)18-9-10-19(26-18)22-12-14(2)25-17-6-4-3-5-16(17)22/h3-10,14H,11-12H2,1-2H3,(H,21,23)/t14-/m0/s1. The molecule has 134 valence electrons. The molecular weight excluding hydrogens is 364 g/mol. The highest BCUT2D eigenvalue weighted by molar-refractivity contribution is 8.00. The molecule has 26 heavy (non-hydrogen) atoms. The number of anilines is 2. The Kier molecular flexibility index (Phi) is 4.78. The summed E-state index contributed by atoms with van der Waals surface area (Å²) in [7, 11) is 0. The number of thioether (sulfide) groups is 1. The lowest BCUT2D eigenvalue weighted by Gasteiger charge is -2.33. The largest absolute Gasteiger partial charge is 0.465 e. The van der Waals surface area contributed by atoms with Crippen LogP contribution in [0.1, 0.15) is 28.1 Å². The molecule has 0 saturated heterocycles. The maximum absolute atomic E-state index is 12.5. The molecule has 4 rings (SSSR count). The number of furan rings is 1. The van der Waals surface area contributed by atoms with E-state index in [-0.39, 0.29) is 5.91 Å². The molecule has 0 fully saturated rings. The first kappa shape index (κ1) is 17.2. The Morgan fingerprint density at radius 2 is 2.08 bits per heavy atom. The number of benzene rings is 1. The van der Waals surface area contributed by atoms with Gasteiger partial charge in [-0.1, -0.05) is 19.1 Å². The highest BCUT2D eigenvalue weighted by Crippen LogP contribution is 2.43. The van der Waals surface area contributed by atoms with Crippen LogP contribution in [0.4, 0.5) is 10.7 Å². The van der Waals surface area contributed by atoms with Crippen LogP contribution in [0.2, 0.25) is 0 Å². The van der Waals surface area contributed by atoms with Crippen molar-refractivity contribution in [1.29, 1.82) is 0 Å². The number of nitrogens with zero attached hydrogens (tertiary/aromatic N) is 1. The summed E-state index contributed by atoms with van der Waals surface area (Å²) < 4.78 is 5.50. The van der Waals surface area contributed by atoms with Crippen LogP contribution in [-0.2, 0) is 6.54 Å². The van der Waals surface area contributed by atoms with Crippen LogP contribution in [0.5, 0.6) is 0 Å². The molecular formula is C20H20N2O2S2. The van der Waals surface area contributed by atoms with Crippen molar-refractivity contribution >= 4 is 39.7 Å². The second kappa shape index (κ2) is 7.21. The van der Waals surface area contributed by atoms with E-state index in [4.69, 9.17) is 4.42 Å². The average molecular weight is 385 g/mol. The number of hydrogen-bond donors (Lipinski definition) is 1. The highest BCUT2D eigenvalue weighted by atomic mass is 32.2. The van der Waals surface area contributed by atoms with Crippen molar-refractivity contribution < 1.29 is 9.21 Å². The van der Waals surface area contributed by atoms with Crippen molar-refractivity contribution in [3.8, 4) is 0 Å². The van der Waals surface area contributed by atoms with E-state index in [9.17, 15) is 4.79 Å². The lowest BCUT2D eigenvalue weighted by molar-refractivity contribution is 0.0952. The molecule has 1 amide bonds. The third-order valence-electron chi connectivity index (χ3n) is 4.22. The molecule has 1 aromatic carbocycles. The number of carbonyl (C=O) groups excluding carboxylic acids is 1. The minimum atomic E-state index is -0.0666. The van der Waals surface area contributed by atoms with E-state index in [1.54, 1.807) is 0 Å². The van der Waals surface area contributed by atoms with Gasteiger partial charge in [0.1, 0.15) is 11.5 Å². The summed E-state index contributed by atoms with van der Waals surface area (Å²) in [4.78, 5) is 16.8. The van der Waals surface area contributed by atoms with Crippen molar-refractivity contribution in [2.24, 2.45) is 0 Å². The molecule has 0 radical (unpaired) electrons. The molecule has 3 heterocycles. The van der Waals surface area contributed by atoms with E-state index in [1.807, 2.05) is 43.0 Å². The quantitative estimate of drug-likeness (QED) is 0.670. The van der Waals surface area contributed by atoms with Gasteiger partial charge in [0.2, 0.25) is 0 Å². The molecule has 1 atom stereocenters. The van der Waals surface area contributed by atoms with Gasteiger partial charge in [-0.3, -0.25) is 4.79 Å². The summed E-state index contributed by atoms with van der Waals surface area (Å²) >= 11 is 3.43. The van der Waals surface area contributed by atoms with Crippen molar-refractivity contribution in [2.45, 2.75) is 30.5 Å². The number of amides is 1. The van der Waals surface area contributed by atoms with Gasteiger partial charge in [0.15, 0.2) is 0 Å². The summed E-state index contributed by atoms with van der Waals surface area (Å²) in [6, 6.07) is 16.2. The van der Waals surface area contributed by atoms with Gasteiger partial charge < -0.3 is 14.6 Å². The molecule has 0 unspecified atom stereocenters. The maximum Gasteiger partial charge on any atom is 0.261 e. The summed E-state index contributed by atoms with van der Waals surface area (Å²) in [5.41, 5.74) is 1.22. The predicted octanol–water partition coefficient (Wildman–Crippen LogP) is 5.21. The van der Waals surface area contributed by atoms with Crippen molar-refractivity contribution in [1.82, 2.24) is 5.32 Å². The Morgan fingerprint density at radius 3 is 2.88 bits per heavy atom. The van der Waals surface area contributed by atoms with Gasteiger partial charge in [-0.15, -0.1) is 23.1 Å². The molecule has 0 spiro atoms. The summed E-state index contributed by atoms with van der Waals surface area (Å²) in [6.07, 6.45) is 0. The molecule has 0 bridgehead atoms. The number of aryl methyl sites for hydroxylation is 1. The van der Waals surface area contributed by atoms with Crippen LogP contribution in [0.25, 0.3) is 0 Å². The zero-order valence-electron chi connectivity index (χ0n) is 14.7. The SMILES string of the molecule is Cc1ccc(CNC(=O)c2ccc(N3C[C@H](C)Sc4ccccc43)s2)o1. The second-order valence-corrected chi connectivity index (χ2v) is 8.88. The van der Waals surface area contributed by atoms with E-state index in [1.165, 1.54) is 21.9 Å². The fraction of sp³-hybridized carbons (Fsp3) is 0.250. The summed E-state index contributed by atoms with van der Waals surface area (Å²) in [5.74, 6) is 1.55. The summed E-state index contributed by atoms with van der Waals surface area (Å²) in [6.45, 7) is 5.47. The fourth-order valence-electron chi connectivity index (χ4n) is 3.03. The van der Waals surface area contributed by atoms with E-state index in [0.717, 1.165) is 23.1 Å². The Bertz CT molecular complexity index is 931. The van der Waals surface area contributed by atoms with Crippen molar-refractivity contribution in [3.63, 3.8) is 0 Å². The maximum atomic E-state index is 12.5. The van der Waals surface area contributed by atoms with E-state index in [0.29, 0.717) is 16.7 Å². The zero-order chi connectivity index (χ0) is 18.1. The number of para-hydroxylation sites is 1. The van der Waals surface area contributed by atoms with Gasteiger partial charge in [0.05, 0.1) is 22.1 Å². The minimum Gasteiger partial charge on any atom is -0.465 e. The average Bonchev–Trinajstić information content (AvgIpc) is 3.28. The monoisotopic (exact) mass is 384 g/mol. The van der Waals surface area contributed by atoms with E-state index >= 15 is 0 Å². The van der Waals surface area contributed by atoms with Crippen LogP contribution in [-0.4, -0.2) is 17.7 Å². The first-order valence-corrected chi connectivity index (χ1v) is 10.3. The molecule has 1 N–H and O–H groups in total. The van der Waals surface area contributed by atoms with Gasteiger partial charge >= 0.3 is 0 Å². The number of rotatable bonds is 4. The first-order valence-electron chi connectivity index (χ1n) is 8.57. The van der Waals surface area contributed by atoms with Gasteiger partial charge in [-0.05, 0) is 43.3 Å². The zero-order valence-corrected chi connectivity index (χ0v) is 16.3. The van der Waals surface area contributed by atoms with Crippen LogP contribution in [0.15, 0.2) is 57.8 Å². The number of hydrogen-bond acceptors (Lipinski definition) is 5. The smallest absolute Gasteiger partial charge is 0.261 e. The van der Waals surface area contributed by atoms with Crippen LogP contribution in [0, 0.1) is 6.92 Å². The van der Waals surface area contributed by atoms with Gasteiger partial charge in [-0.25, -0.2) is 0 Å². The molecule has 3 aromatic rings. The highest BCUT2D eigenvalue weighted by Gasteiger charge is 2.24. The molecule has 1 aliphatic heterocycles. The third-order valence-corrected chi connectivity index (χ3v) is 6.48. The molecule has 6 heteroatoms. The Labute approximate surface area is 161 Å². The molecule has 4 nitrogen and oxygen atoms in total. The molecule has 2 aromatic heterocycles. The van der Waals surface area contributed by atoms with Crippen LogP contribution in [0.3, 0.4) is 0 Å². The first-order chi connectivity index (χ1) is 12.6. The van der Waals surface area contributed by atoms with E-state index in [2.05, 4.69) is 41.4 Å². The molecule has 0 saturated carbocycles. The Hall–Kier alpha value is -2.18. The second-order valence-electron chi connectivity index (χ2n) is 6.34. The lowest BCUT2D eigenvalue weighted by Crippen LogP contribution is -2.28. The van der Waals surface area contributed by atoms with Gasteiger partial charge in [-0.2, -0.15) is 0 Å². The lowest BCUT2D eigenvalue weighted by atomic mass is 10.2. The van der Waals surface area contributed by atoms with Gasteiger partial charge in [0.25, 0.3) is 5.91 Å². The Morgan fingerprint density at radius 1 is 1.23 bits per heavy atom. The normalized spacial score (nSPS) is 16.4. The van der Waals surface area contributed by atoms with Crippen molar-refractivity contribution in [3.05, 3.63) is 64.9 Å². The number of thiophene rings is 1. The molecule has 0 aliphatic carbocycles. The van der Waals surface area contributed by atoms with Crippen LogP contribution < -0.4 is 10.2 Å². The predicted molar refractivity (Wildman–Crippen MR) is 108 cm³/mol. The third kappa shape index (κ3) is 3.52. The summed E-state index contributed by atoms with van der Waals surface area (Å²) in [5, 5.41) is 4.53. The topological polar surface area (TPSA) is 45.5 Å². The van der Waals surface area contributed by atoms with Crippen molar-refractivity contribution in [2.75, 3.05) is 11.4 Å². The minimum absolute atomic E-state index is 0.0666. The van der Waals surface area contributed by atoms with E-state index < -0.39 is 0 Å². The number of carbonyl (C=O) groups is 1. The van der Waals surface area contributed by atoms with Crippen LogP contribution >= 0.6 is 23.1 Å².